The number of ether oxygens (including phenoxy) is 1. The van der Waals surface area contributed by atoms with Crippen molar-refractivity contribution in [3.05, 3.63) is 81.8 Å². The first-order valence-electron chi connectivity index (χ1n) is 10.8. The van der Waals surface area contributed by atoms with Gasteiger partial charge in [-0.25, -0.2) is 0 Å². The van der Waals surface area contributed by atoms with E-state index in [1.807, 2.05) is 0 Å². The van der Waals surface area contributed by atoms with Crippen LogP contribution in [-0.2, 0) is 12.1 Å². The molecular formula is C25H21F5N2O4. The van der Waals surface area contributed by atoms with E-state index in [-0.39, 0.29) is 39.1 Å². The van der Waals surface area contributed by atoms with Crippen LogP contribution in [0.15, 0.2) is 59.5 Å². The Morgan fingerprint density at radius 3 is 2.22 bits per heavy atom. The molecule has 2 heterocycles. The number of halogens is 5. The van der Waals surface area contributed by atoms with Crippen molar-refractivity contribution in [2.75, 3.05) is 11.5 Å². The molecule has 36 heavy (non-hydrogen) atoms. The van der Waals surface area contributed by atoms with Gasteiger partial charge in [0, 0.05) is 17.4 Å². The molecule has 0 aliphatic carbocycles. The van der Waals surface area contributed by atoms with Gasteiger partial charge in [-0.3, -0.25) is 14.2 Å². The van der Waals surface area contributed by atoms with Crippen LogP contribution in [0.2, 0.25) is 0 Å². The first-order valence-corrected chi connectivity index (χ1v) is 10.8. The third kappa shape index (κ3) is 4.83. The van der Waals surface area contributed by atoms with Gasteiger partial charge in [-0.05, 0) is 43.2 Å². The van der Waals surface area contributed by atoms with Crippen LogP contribution in [0, 0.1) is 0 Å². The van der Waals surface area contributed by atoms with Crippen molar-refractivity contribution in [2.45, 2.75) is 38.7 Å². The Labute approximate surface area is 202 Å². The summed E-state index contributed by atoms with van der Waals surface area (Å²) in [5.74, 6) is -0.994. The second-order valence-corrected chi connectivity index (χ2v) is 8.78. The molecule has 0 radical (unpaired) electrons. The number of para-hydroxylation sites is 1. The standard InChI is InChI=1S/C25H21F5N2O4/c1-24(2,35)14-7-9-15(10-8-14)31-11-17-18(21(31)33)12-32(23(26)27)22(34)20(17)16-5-3-4-6-19(16)36-13-25(28,29)30/h3-10,12,23,35H,11,13H2,1-2H3. The zero-order chi connectivity index (χ0) is 26.4. The smallest absolute Gasteiger partial charge is 0.422 e. The number of hydrogen-bond donors (Lipinski definition) is 1. The van der Waals surface area contributed by atoms with Crippen molar-refractivity contribution in [1.29, 1.82) is 0 Å². The molecule has 1 amide bonds. The van der Waals surface area contributed by atoms with Crippen LogP contribution in [0.3, 0.4) is 0 Å². The summed E-state index contributed by atoms with van der Waals surface area (Å²) in [6.07, 6.45) is -3.91. The fraction of sp³-hybridized carbons (Fsp3) is 0.280. The molecule has 11 heteroatoms. The molecule has 1 aliphatic rings. The number of carbonyl (C=O) groups excluding carboxylic acids is 1. The number of aromatic nitrogens is 1. The lowest BCUT2D eigenvalue weighted by atomic mass is 9.98. The van der Waals surface area contributed by atoms with E-state index in [9.17, 15) is 36.6 Å². The molecule has 0 saturated carbocycles. The fourth-order valence-corrected chi connectivity index (χ4v) is 4.03. The first kappa shape index (κ1) is 25.4. The normalized spacial score (nSPS) is 13.9. The highest BCUT2D eigenvalue weighted by molar-refractivity contribution is 6.11. The van der Waals surface area contributed by atoms with Gasteiger partial charge in [0.05, 0.1) is 23.3 Å². The lowest BCUT2D eigenvalue weighted by Crippen LogP contribution is -2.25. The number of anilines is 1. The Hall–Kier alpha value is -3.73. The minimum absolute atomic E-state index is 0.0769. The molecule has 4 rings (SSSR count). The number of amides is 1. The maximum absolute atomic E-state index is 13.7. The summed E-state index contributed by atoms with van der Waals surface area (Å²) < 4.78 is 70.8. The fourth-order valence-electron chi connectivity index (χ4n) is 4.03. The largest absolute Gasteiger partial charge is 0.483 e. The lowest BCUT2D eigenvalue weighted by Gasteiger charge is -2.20. The second kappa shape index (κ2) is 9.05. The molecular weight excluding hydrogens is 487 g/mol. The molecule has 0 unspecified atom stereocenters. The summed E-state index contributed by atoms with van der Waals surface area (Å²) in [5.41, 5.74) is -1.90. The van der Waals surface area contributed by atoms with Crippen molar-refractivity contribution >= 4 is 11.6 Å². The molecule has 1 aromatic heterocycles. The monoisotopic (exact) mass is 508 g/mol. The predicted molar refractivity (Wildman–Crippen MR) is 121 cm³/mol. The number of nitrogens with zero attached hydrogens (tertiary/aromatic N) is 2. The number of hydrogen-bond acceptors (Lipinski definition) is 4. The molecule has 2 aromatic carbocycles. The third-order valence-electron chi connectivity index (χ3n) is 5.78. The highest BCUT2D eigenvalue weighted by atomic mass is 19.4. The minimum Gasteiger partial charge on any atom is -0.483 e. The summed E-state index contributed by atoms with van der Waals surface area (Å²) in [4.78, 5) is 27.6. The topological polar surface area (TPSA) is 71.8 Å². The average Bonchev–Trinajstić information content (AvgIpc) is 3.12. The van der Waals surface area contributed by atoms with Crippen LogP contribution in [0.25, 0.3) is 11.1 Å². The van der Waals surface area contributed by atoms with Gasteiger partial charge in [-0.1, -0.05) is 30.3 Å². The molecule has 0 atom stereocenters. The number of benzene rings is 2. The van der Waals surface area contributed by atoms with Gasteiger partial charge in [-0.15, -0.1) is 0 Å². The number of aliphatic hydroxyl groups is 1. The third-order valence-corrected chi connectivity index (χ3v) is 5.78. The van der Waals surface area contributed by atoms with E-state index in [1.54, 1.807) is 38.1 Å². The highest BCUT2D eigenvalue weighted by Gasteiger charge is 2.36. The van der Waals surface area contributed by atoms with Crippen LogP contribution < -0.4 is 15.2 Å². The molecule has 0 fully saturated rings. The maximum Gasteiger partial charge on any atom is 0.422 e. The van der Waals surface area contributed by atoms with Crippen LogP contribution in [0.4, 0.5) is 27.6 Å². The van der Waals surface area contributed by atoms with Gasteiger partial charge >= 0.3 is 12.7 Å². The van der Waals surface area contributed by atoms with Crippen LogP contribution in [0.5, 0.6) is 5.75 Å². The van der Waals surface area contributed by atoms with E-state index in [0.717, 1.165) is 6.20 Å². The van der Waals surface area contributed by atoms with Crippen LogP contribution in [-0.4, -0.2) is 28.4 Å². The number of fused-ring (bicyclic) bond motifs is 1. The van der Waals surface area contributed by atoms with Gasteiger partial charge < -0.3 is 14.7 Å². The Morgan fingerprint density at radius 2 is 1.64 bits per heavy atom. The molecule has 190 valence electrons. The maximum atomic E-state index is 13.7. The molecule has 0 saturated heterocycles. The molecule has 6 nitrogen and oxygen atoms in total. The number of carbonyl (C=O) groups is 1. The Bertz CT molecular complexity index is 1360. The van der Waals surface area contributed by atoms with Crippen molar-refractivity contribution in [2.24, 2.45) is 0 Å². The van der Waals surface area contributed by atoms with Crippen molar-refractivity contribution < 1.29 is 36.6 Å². The quantitative estimate of drug-likeness (QED) is 0.463. The zero-order valence-electron chi connectivity index (χ0n) is 19.1. The summed E-state index contributed by atoms with van der Waals surface area (Å²) in [6.45, 7) is -1.96. The zero-order valence-corrected chi connectivity index (χ0v) is 19.1. The van der Waals surface area contributed by atoms with Gasteiger partial charge in [0.1, 0.15) is 5.75 Å². The average molecular weight is 508 g/mol. The summed E-state index contributed by atoms with van der Waals surface area (Å²) >= 11 is 0. The summed E-state index contributed by atoms with van der Waals surface area (Å²) in [5, 5.41) is 10.2. The molecule has 0 spiro atoms. The minimum atomic E-state index is -4.67. The summed E-state index contributed by atoms with van der Waals surface area (Å²) in [7, 11) is 0. The molecule has 1 aliphatic heterocycles. The van der Waals surface area contributed by atoms with E-state index in [0.29, 0.717) is 11.3 Å². The van der Waals surface area contributed by atoms with E-state index < -0.39 is 36.4 Å². The van der Waals surface area contributed by atoms with E-state index in [1.165, 1.54) is 29.2 Å². The predicted octanol–water partition coefficient (Wildman–Crippen LogP) is 5.24. The SMILES string of the molecule is CC(C)(O)c1ccc(N2Cc3c(cn(C(F)F)c(=O)c3-c3ccccc3OCC(F)(F)F)C2=O)cc1. The van der Waals surface area contributed by atoms with Crippen LogP contribution >= 0.6 is 0 Å². The Kier molecular flexibility index (Phi) is 6.38. The van der Waals surface area contributed by atoms with Gasteiger partial charge in [-0.2, -0.15) is 22.0 Å². The van der Waals surface area contributed by atoms with Crippen molar-refractivity contribution in [3.8, 4) is 16.9 Å². The second-order valence-electron chi connectivity index (χ2n) is 8.78. The van der Waals surface area contributed by atoms with Gasteiger partial charge in [0.25, 0.3) is 11.5 Å². The molecule has 3 aromatic rings. The number of pyridine rings is 1. The van der Waals surface area contributed by atoms with Gasteiger partial charge in [0.2, 0.25) is 0 Å². The summed E-state index contributed by atoms with van der Waals surface area (Å²) in [6, 6.07) is 11.6. The van der Waals surface area contributed by atoms with Gasteiger partial charge in [0.15, 0.2) is 6.61 Å². The van der Waals surface area contributed by atoms with E-state index in [4.69, 9.17) is 4.74 Å². The van der Waals surface area contributed by atoms with Crippen LogP contribution in [0.1, 0.15) is 41.9 Å². The molecule has 1 N–H and O–H groups in total. The Morgan fingerprint density at radius 1 is 1.00 bits per heavy atom. The van der Waals surface area contributed by atoms with Crippen molar-refractivity contribution in [3.63, 3.8) is 0 Å². The van der Waals surface area contributed by atoms with E-state index in [2.05, 4.69) is 0 Å². The first-order chi connectivity index (χ1) is 16.8. The highest BCUT2D eigenvalue weighted by Crippen LogP contribution is 2.38. The number of rotatable bonds is 6. The van der Waals surface area contributed by atoms with E-state index >= 15 is 0 Å². The molecule has 0 bridgehead atoms. The number of alkyl halides is 5. The van der Waals surface area contributed by atoms with Crippen molar-refractivity contribution in [1.82, 2.24) is 4.57 Å². The Balaban J connectivity index is 1.84. The lowest BCUT2D eigenvalue weighted by molar-refractivity contribution is -0.153.